The van der Waals surface area contributed by atoms with Crippen LogP contribution in [0.1, 0.15) is 12.8 Å². The Labute approximate surface area is 194 Å². The molecular formula is C22H29N5O5S. The lowest BCUT2D eigenvalue weighted by molar-refractivity contribution is -0.137. The van der Waals surface area contributed by atoms with Gasteiger partial charge in [-0.25, -0.2) is 18.4 Å². The lowest BCUT2D eigenvalue weighted by Crippen LogP contribution is -2.52. The molecule has 4 rings (SSSR count). The second-order valence-electron chi connectivity index (χ2n) is 8.06. The summed E-state index contributed by atoms with van der Waals surface area (Å²) in [5.41, 5.74) is 0. The normalized spacial score (nSPS) is 18.2. The van der Waals surface area contributed by atoms with E-state index in [4.69, 9.17) is 9.47 Å². The van der Waals surface area contributed by atoms with Gasteiger partial charge in [0.2, 0.25) is 21.9 Å². The molecule has 0 saturated carbocycles. The summed E-state index contributed by atoms with van der Waals surface area (Å²) >= 11 is 0. The molecule has 2 aliphatic heterocycles. The third-order valence-corrected chi connectivity index (χ3v) is 8.12. The van der Waals surface area contributed by atoms with Crippen LogP contribution in [0.5, 0.6) is 11.5 Å². The highest BCUT2D eigenvalue weighted by Gasteiger charge is 2.35. The fourth-order valence-electron chi connectivity index (χ4n) is 4.31. The zero-order valence-corrected chi connectivity index (χ0v) is 19.7. The SMILES string of the molecule is COc1ccc(S(=O)(=O)N2CCC(C(=O)N3CCN(c4ncccn4)CC3)CC2)cc1OC. The molecule has 0 unspecified atom stereocenters. The summed E-state index contributed by atoms with van der Waals surface area (Å²) in [7, 11) is -0.706. The smallest absolute Gasteiger partial charge is 0.243 e. The van der Waals surface area contributed by atoms with Gasteiger partial charge in [-0.3, -0.25) is 4.79 Å². The number of methoxy groups -OCH3 is 2. The van der Waals surface area contributed by atoms with Crippen LogP contribution in [-0.4, -0.2) is 87.0 Å². The lowest BCUT2D eigenvalue weighted by Gasteiger charge is -2.38. The molecule has 11 heteroatoms. The van der Waals surface area contributed by atoms with E-state index in [9.17, 15) is 13.2 Å². The van der Waals surface area contributed by atoms with E-state index in [0.29, 0.717) is 69.6 Å². The molecule has 1 amide bonds. The Kier molecular flexibility index (Phi) is 6.99. The molecule has 1 aromatic heterocycles. The van der Waals surface area contributed by atoms with Gasteiger partial charge < -0.3 is 19.3 Å². The monoisotopic (exact) mass is 475 g/mol. The van der Waals surface area contributed by atoms with Crippen molar-refractivity contribution in [2.24, 2.45) is 5.92 Å². The highest BCUT2D eigenvalue weighted by molar-refractivity contribution is 7.89. The molecule has 2 aliphatic rings. The van der Waals surface area contributed by atoms with E-state index in [1.54, 1.807) is 24.5 Å². The molecular weight excluding hydrogens is 446 g/mol. The average molecular weight is 476 g/mol. The number of carbonyl (C=O) groups excluding carboxylic acids is 1. The summed E-state index contributed by atoms with van der Waals surface area (Å²) in [5.74, 6) is 1.45. The van der Waals surface area contributed by atoms with Gasteiger partial charge >= 0.3 is 0 Å². The number of piperazine rings is 1. The third kappa shape index (κ3) is 4.88. The number of aromatic nitrogens is 2. The van der Waals surface area contributed by atoms with Crippen LogP contribution in [0.15, 0.2) is 41.6 Å². The molecule has 2 aromatic rings. The number of sulfonamides is 1. The van der Waals surface area contributed by atoms with Crippen LogP contribution in [0.25, 0.3) is 0 Å². The fourth-order valence-corrected chi connectivity index (χ4v) is 5.79. The van der Waals surface area contributed by atoms with Gasteiger partial charge in [0.1, 0.15) is 0 Å². The maximum atomic E-state index is 13.1. The third-order valence-electron chi connectivity index (χ3n) is 6.22. The highest BCUT2D eigenvalue weighted by atomic mass is 32.2. The molecule has 0 radical (unpaired) electrons. The van der Waals surface area contributed by atoms with E-state index in [1.165, 1.54) is 30.7 Å². The number of carbonyl (C=O) groups is 1. The number of anilines is 1. The number of hydrogen-bond donors (Lipinski definition) is 0. The topological polar surface area (TPSA) is 105 Å². The Morgan fingerprint density at radius 1 is 0.939 bits per heavy atom. The Bertz CT molecular complexity index is 1070. The van der Waals surface area contributed by atoms with Crippen molar-refractivity contribution in [3.63, 3.8) is 0 Å². The zero-order valence-electron chi connectivity index (χ0n) is 18.9. The molecule has 0 bridgehead atoms. The molecule has 33 heavy (non-hydrogen) atoms. The predicted molar refractivity (Wildman–Crippen MR) is 122 cm³/mol. The number of amides is 1. The second kappa shape index (κ2) is 9.92. The minimum Gasteiger partial charge on any atom is -0.493 e. The van der Waals surface area contributed by atoms with Crippen molar-refractivity contribution < 1.29 is 22.7 Å². The molecule has 10 nitrogen and oxygen atoms in total. The predicted octanol–water partition coefficient (Wildman–Crippen LogP) is 1.24. The minimum atomic E-state index is -3.68. The van der Waals surface area contributed by atoms with E-state index in [0.717, 1.165) is 0 Å². The van der Waals surface area contributed by atoms with E-state index < -0.39 is 10.0 Å². The van der Waals surface area contributed by atoms with Crippen molar-refractivity contribution in [2.75, 3.05) is 58.4 Å². The largest absolute Gasteiger partial charge is 0.493 e. The number of hydrogen-bond acceptors (Lipinski definition) is 8. The van der Waals surface area contributed by atoms with Crippen LogP contribution in [0.4, 0.5) is 5.95 Å². The van der Waals surface area contributed by atoms with Crippen LogP contribution in [-0.2, 0) is 14.8 Å². The van der Waals surface area contributed by atoms with Gasteiger partial charge in [-0.1, -0.05) is 0 Å². The van der Waals surface area contributed by atoms with Gasteiger partial charge in [-0.2, -0.15) is 4.31 Å². The fraction of sp³-hybridized carbons (Fsp3) is 0.500. The second-order valence-corrected chi connectivity index (χ2v) is 9.99. The van der Waals surface area contributed by atoms with Gasteiger partial charge in [-0.15, -0.1) is 0 Å². The van der Waals surface area contributed by atoms with Crippen molar-refractivity contribution in [2.45, 2.75) is 17.7 Å². The molecule has 0 spiro atoms. The van der Waals surface area contributed by atoms with E-state index in [2.05, 4.69) is 14.9 Å². The van der Waals surface area contributed by atoms with Crippen molar-refractivity contribution in [3.05, 3.63) is 36.7 Å². The van der Waals surface area contributed by atoms with Crippen LogP contribution < -0.4 is 14.4 Å². The minimum absolute atomic E-state index is 0.104. The van der Waals surface area contributed by atoms with Gasteiger partial charge in [-0.05, 0) is 31.0 Å². The average Bonchev–Trinajstić information content (AvgIpc) is 2.88. The number of rotatable bonds is 6. The first-order valence-electron chi connectivity index (χ1n) is 11.0. The Hall–Kier alpha value is -2.92. The van der Waals surface area contributed by atoms with Gasteiger partial charge in [0, 0.05) is 63.6 Å². The first kappa shape index (κ1) is 23.2. The van der Waals surface area contributed by atoms with E-state index in [1.807, 2.05) is 4.90 Å². The first-order valence-corrected chi connectivity index (χ1v) is 12.4. The van der Waals surface area contributed by atoms with Crippen molar-refractivity contribution in [3.8, 4) is 11.5 Å². The van der Waals surface area contributed by atoms with Crippen molar-refractivity contribution in [1.82, 2.24) is 19.2 Å². The van der Waals surface area contributed by atoms with Crippen LogP contribution in [0.2, 0.25) is 0 Å². The summed E-state index contributed by atoms with van der Waals surface area (Å²) < 4.78 is 38.1. The Balaban J connectivity index is 1.33. The molecule has 0 N–H and O–H groups in total. The quantitative estimate of drug-likeness (QED) is 0.615. The van der Waals surface area contributed by atoms with E-state index in [-0.39, 0.29) is 16.7 Å². The molecule has 2 fully saturated rings. The number of nitrogens with zero attached hydrogens (tertiary/aromatic N) is 5. The maximum absolute atomic E-state index is 13.1. The van der Waals surface area contributed by atoms with E-state index >= 15 is 0 Å². The van der Waals surface area contributed by atoms with Crippen molar-refractivity contribution in [1.29, 1.82) is 0 Å². The van der Waals surface area contributed by atoms with Crippen LogP contribution in [0, 0.1) is 5.92 Å². The summed E-state index contributed by atoms with van der Waals surface area (Å²) in [5, 5.41) is 0. The number of benzene rings is 1. The standard InChI is InChI=1S/C22H29N5O5S/c1-31-19-5-4-18(16-20(19)32-2)33(29,30)27-10-6-17(7-11-27)21(28)25-12-14-26(15-13-25)22-23-8-3-9-24-22/h3-5,8-9,16-17H,6-7,10-15H2,1-2H3. The van der Waals surface area contributed by atoms with Crippen LogP contribution in [0.3, 0.4) is 0 Å². The molecule has 2 saturated heterocycles. The molecule has 3 heterocycles. The Morgan fingerprint density at radius 3 is 2.18 bits per heavy atom. The summed E-state index contributed by atoms with van der Waals surface area (Å²) in [6, 6.07) is 6.36. The highest BCUT2D eigenvalue weighted by Crippen LogP contribution is 2.32. The van der Waals surface area contributed by atoms with Gasteiger partial charge in [0.15, 0.2) is 11.5 Å². The number of piperidine rings is 1. The summed E-state index contributed by atoms with van der Waals surface area (Å²) in [4.78, 5) is 25.7. The van der Waals surface area contributed by atoms with Gasteiger partial charge in [0.05, 0.1) is 19.1 Å². The molecule has 0 aliphatic carbocycles. The summed E-state index contributed by atoms with van der Waals surface area (Å²) in [6.07, 6.45) is 4.44. The number of ether oxygens (including phenoxy) is 2. The van der Waals surface area contributed by atoms with Crippen LogP contribution >= 0.6 is 0 Å². The molecule has 178 valence electrons. The van der Waals surface area contributed by atoms with Crippen molar-refractivity contribution >= 4 is 21.9 Å². The molecule has 0 atom stereocenters. The summed E-state index contributed by atoms with van der Waals surface area (Å²) in [6.45, 7) is 3.21. The van der Waals surface area contributed by atoms with Gasteiger partial charge in [0.25, 0.3) is 0 Å². The lowest BCUT2D eigenvalue weighted by atomic mass is 9.96. The first-order chi connectivity index (χ1) is 15.9. The maximum Gasteiger partial charge on any atom is 0.243 e. The molecule has 1 aromatic carbocycles. The Morgan fingerprint density at radius 2 is 1.58 bits per heavy atom. The zero-order chi connectivity index (χ0) is 23.4.